The van der Waals surface area contributed by atoms with E-state index in [2.05, 4.69) is 15.1 Å². The Morgan fingerprint density at radius 1 is 1.06 bits per heavy atom. The van der Waals surface area contributed by atoms with Crippen molar-refractivity contribution in [3.05, 3.63) is 58.0 Å². The van der Waals surface area contributed by atoms with E-state index >= 15 is 0 Å². The molecule has 2 aliphatic heterocycles. The SMILES string of the molecule is COc1ccc(-c2ccc(N3CCN(C(=O)CC4CSc5nc6c(c(=O)n54)CCC6)CC3)nn2)cc1. The molecule has 1 amide bonds. The number of thioether (sulfide) groups is 1. The summed E-state index contributed by atoms with van der Waals surface area (Å²) in [5.41, 5.74) is 3.67. The number of benzene rings is 1. The molecule has 186 valence electrons. The number of ether oxygens (including phenoxy) is 1. The van der Waals surface area contributed by atoms with Gasteiger partial charge in [0.2, 0.25) is 5.91 Å². The summed E-state index contributed by atoms with van der Waals surface area (Å²) in [7, 11) is 1.65. The summed E-state index contributed by atoms with van der Waals surface area (Å²) in [6.45, 7) is 2.66. The Balaban J connectivity index is 1.06. The number of nitrogens with zero attached hydrogens (tertiary/aromatic N) is 6. The van der Waals surface area contributed by atoms with Gasteiger partial charge in [-0.15, -0.1) is 10.2 Å². The quantitative estimate of drug-likeness (QED) is 0.490. The van der Waals surface area contributed by atoms with E-state index in [4.69, 9.17) is 9.72 Å². The number of carbonyl (C=O) groups is 1. The third-order valence-electron chi connectivity index (χ3n) is 7.28. The van der Waals surface area contributed by atoms with Crippen molar-refractivity contribution in [1.82, 2.24) is 24.6 Å². The number of anilines is 1. The first-order valence-corrected chi connectivity index (χ1v) is 13.4. The van der Waals surface area contributed by atoms with Gasteiger partial charge in [0.05, 0.1) is 24.5 Å². The van der Waals surface area contributed by atoms with Crippen LogP contribution in [0.4, 0.5) is 5.82 Å². The summed E-state index contributed by atoms with van der Waals surface area (Å²) in [6.07, 6.45) is 3.03. The minimum absolute atomic E-state index is 0.0665. The molecule has 3 aromatic rings. The van der Waals surface area contributed by atoms with E-state index in [-0.39, 0.29) is 17.5 Å². The van der Waals surface area contributed by atoms with Gasteiger partial charge in [-0.2, -0.15) is 0 Å². The molecule has 1 atom stereocenters. The molecule has 9 nitrogen and oxygen atoms in total. The number of aromatic nitrogens is 4. The molecule has 0 radical (unpaired) electrons. The standard InChI is InChI=1S/C26H28N6O3S/c1-35-19-7-5-17(6-8-19)21-9-10-23(29-28-21)30-11-13-31(14-12-30)24(33)15-18-16-36-26-27-22-4-2-3-20(22)25(34)32(18)26/h5-10,18H,2-4,11-16H2,1H3. The lowest BCUT2D eigenvalue weighted by atomic mass is 10.1. The second-order valence-electron chi connectivity index (χ2n) is 9.39. The highest BCUT2D eigenvalue weighted by atomic mass is 32.2. The third kappa shape index (κ3) is 4.23. The smallest absolute Gasteiger partial charge is 0.257 e. The summed E-state index contributed by atoms with van der Waals surface area (Å²) in [5.74, 6) is 2.44. The predicted octanol–water partition coefficient (Wildman–Crippen LogP) is 2.58. The lowest BCUT2D eigenvalue weighted by Gasteiger charge is -2.35. The van der Waals surface area contributed by atoms with Crippen LogP contribution in [0.5, 0.6) is 5.75 Å². The maximum absolute atomic E-state index is 13.1. The zero-order valence-electron chi connectivity index (χ0n) is 20.2. The van der Waals surface area contributed by atoms with Crippen LogP contribution in [0.2, 0.25) is 0 Å². The van der Waals surface area contributed by atoms with Crippen molar-refractivity contribution in [2.75, 3.05) is 43.9 Å². The van der Waals surface area contributed by atoms with Gasteiger partial charge < -0.3 is 14.5 Å². The Bertz CT molecular complexity index is 1330. The number of hydrogen-bond donors (Lipinski definition) is 0. The van der Waals surface area contributed by atoms with Crippen LogP contribution in [-0.4, -0.2) is 69.6 Å². The van der Waals surface area contributed by atoms with Crippen LogP contribution in [0.3, 0.4) is 0 Å². The van der Waals surface area contributed by atoms with E-state index in [1.165, 1.54) is 0 Å². The number of aryl methyl sites for hydroxylation is 1. The highest BCUT2D eigenvalue weighted by molar-refractivity contribution is 7.99. The lowest BCUT2D eigenvalue weighted by Crippen LogP contribution is -2.49. The van der Waals surface area contributed by atoms with E-state index in [1.807, 2.05) is 41.3 Å². The Hall–Kier alpha value is -3.40. The Labute approximate surface area is 213 Å². The fourth-order valence-corrected chi connectivity index (χ4v) is 6.38. The lowest BCUT2D eigenvalue weighted by molar-refractivity contribution is -0.132. The van der Waals surface area contributed by atoms with Gasteiger partial charge >= 0.3 is 0 Å². The summed E-state index contributed by atoms with van der Waals surface area (Å²) >= 11 is 1.60. The zero-order chi connectivity index (χ0) is 24.6. The molecule has 6 rings (SSSR count). The monoisotopic (exact) mass is 504 g/mol. The maximum Gasteiger partial charge on any atom is 0.257 e. The Kier molecular flexibility index (Phi) is 6.12. The van der Waals surface area contributed by atoms with Gasteiger partial charge in [-0.1, -0.05) is 11.8 Å². The van der Waals surface area contributed by atoms with Crippen LogP contribution in [0.25, 0.3) is 11.3 Å². The van der Waals surface area contributed by atoms with Gasteiger partial charge in [0, 0.05) is 49.5 Å². The molecule has 0 spiro atoms. The van der Waals surface area contributed by atoms with Crippen LogP contribution in [0.1, 0.15) is 30.1 Å². The van der Waals surface area contributed by atoms with E-state index < -0.39 is 0 Å². The van der Waals surface area contributed by atoms with Crippen LogP contribution in [-0.2, 0) is 17.6 Å². The largest absolute Gasteiger partial charge is 0.497 e. The molecule has 1 fully saturated rings. The zero-order valence-corrected chi connectivity index (χ0v) is 21.0. The van der Waals surface area contributed by atoms with E-state index in [9.17, 15) is 9.59 Å². The van der Waals surface area contributed by atoms with Crippen molar-refractivity contribution >= 4 is 23.5 Å². The number of fused-ring (bicyclic) bond motifs is 2. The molecule has 3 aliphatic rings. The van der Waals surface area contributed by atoms with Crippen LogP contribution >= 0.6 is 11.8 Å². The first-order chi connectivity index (χ1) is 17.6. The summed E-state index contributed by atoms with van der Waals surface area (Å²) in [5, 5.41) is 9.61. The van der Waals surface area contributed by atoms with Crippen LogP contribution in [0, 0.1) is 0 Å². The number of hydrogen-bond acceptors (Lipinski definition) is 8. The van der Waals surface area contributed by atoms with Crippen LogP contribution in [0.15, 0.2) is 46.3 Å². The minimum Gasteiger partial charge on any atom is -0.497 e. The molecule has 1 unspecified atom stereocenters. The summed E-state index contributed by atoms with van der Waals surface area (Å²) < 4.78 is 6.99. The highest BCUT2D eigenvalue weighted by Gasteiger charge is 2.33. The van der Waals surface area contributed by atoms with Crippen molar-refractivity contribution in [3.8, 4) is 17.0 Å². The maximum atomic E-state index is 13.1. The molecule has 0 saturated carbocycles. The fraction of sp³-hybridized carbons (Fsp3) is 0.423. The third-order valence-corrected chi connectivity index (χ3v) is 8.37. The van der Waals surface area contributed by atoms with Gasteiger partial charge in [0.25, 0.3) is 5.56 Å². The molecule has 10 heteroatoms. The summed E-state index contributed by atoms with van der Waals surface area (Å²) in [6, 6.07) is 11.6. The number of rotatable bonds is 5. The average Bonchev–Trinajstić information content (AvgIpc) is 3.57. The van der Waals surface area contributed by atoms with Gasteiger partial charge in [-0.05, 0) is 55.7 Å². The molecule has 1 saturated heterocycles. The highest BCUT2D eigenvalue weighted by Crippen LogP contribution is 2.34. The molecular weight excluding hydrogens is 476 g/mol. The average molecular weight is 505 g/mol. The molecule has 1 aromatic carbocycles. The predicted molar refractivity (Wildman–Crippen MR) is 138 cm³/mol. The normalized spacial score (nSPS) is 18.8. The second kappa shape index (κ2) is 9.57. The van der Waals surface area contributed by atoms with Gasteiger partial charge in [-0.25, -0.2) is 4.98 Å². The van der Waals surface area contributed by atoms with Gasteiger partial charge in [-0.3, -0.25) is 14.2 Å². The van der Waals surface area contributed by atoms with Crippen molar-refractivity contribution in [1.29, 1.82) is 0 Å². The fourth-order valence-electron chi connectivity index (χ4n) is 5.23. The number of piperazine rings is 1. The second-order valence-corrected chi connectivity index (χ2v) is 10.4. The molecular formula is C26H28N6O3S. The molecule has 4 heterocycles. The Morgan fingerprint density at radius 2 is 1.86 bits per heavy atom. The number of carbonyl (C=O) groups excluding carboxylic acids is 1. The van der Waals surface area contributed by atoms with E-state index in [1.54, 1.807) is 23.4 Å². The van der Waals surface area contributed by atoms with Crippen molar-refractivity contribution in [3.63, 3.8) is 0 Å². The topological polar surface area (TPSA) is 93.5 Å². The van der Waals surface area contributed by atoms with Crippen molar-refractivity contribution < 1.29 is 9.53 Å². The Morgan fingerprint density at radius 3 is 2.58 bits per heavy atom. The molecule has 0 N–H and O–H groups in total. The van der Waals surface area contributed by atoms with E-state index in [0.717, 1.165) is 64.3 Å². The van der Waals surface area contributed by atoms with Gasteiger partial charge in [0.15, 0.2) is 11.0 Å². The van der Waals surface area contributed by atoms with Crippen molar-refractivity contribution in [2.24, 2.45) is 0 Å². The number of amides is 1. The first kappa shape index (κ1) is 23.0. The van der Waals surface area contributed by atoms with Crippen LogP contribution < -0.4 is 15.2 Å². The van der Waals surface area contributed by atoms with Gasteiger partial charge in [0.1, 0.15) is 5.75 Å². The molecule has 1 aliphatic carbocycles. The first-order valence-electron chi connectivity index (χ1n) is 12.4. The molecule has 0 bridgehead atoms. The van der Waals surface area contributed by atoms with Crippen molar-refractivity contribution in [2.45, 2.75) is 36.9 Å². The molecule has 36 heavy (non-hydrogen) atoms. The summed E-state index contributed by atoms with van der Waals surface area (Å²) in [4.78, 5) is 34.9. The molecule has 2 aromatic heterocycles. The minimum atomic E-state index is -0.113. The van der Waals surface area contributed by atoms with E-state index in [0.29, 0.717) is 32.6 Å². The number of methoxy groups -OCH3 is 1.